The van der Waals surface area contributed by atoms with Gasteiger partial charge in [-0.3, -0.25) is 4.31 Å². The highest BCUT2D eigenvalue weighted by Crippen LogP contribution is 2.24. The minimum Gasteiger partial charge on any atom is -0.319 e. The zero-order valence-corrected chi connectivity index (χ0v) is 13.2. The van der Waals surface area contributed by atoms with Crippen LogP contribution < -0.4 is 9.62 Å². The number of piperidine rings is 1. The molecule has 5 nitrogen and oxygen atoms in total. The van der Waals surface area contributed by atoms with Crippen LogP contribution in [0.2, 0.25) is 0 Å². The third-order valence-electron chi connectivity index (χ3n) is 3.91. The topological polar surface area (TPSA) is 52.7 Å². The van der Waals surface area contributed by atoms with E-state index in [0.717, 1.165) is 23.7 Å². The lowest BCUT2D eigenvalue weighted by molar-refractivity contribution is 0.270. The number of anilines is 1. The summed E-state index contributed by atoms with van der Waals surface area (Å²) in [6.45, 7) is 1.93. The number of nitrogens with zero attached hydrogens (tertiary/aromatic N) is 2. The zero-order valence-electron chi connectivity index (χ0n) is 12.4. The van der Waals surface area contributed by atoms with Gasteiger partial charge in [-0.05, 0) is 50.6 Å². The van der Waals surface area contributed by atoms with Crippen molar-refractivity contribution in [3.8, 4) is 0 Å². The summed E-state index contributed by atoms with van der Waals surface area (Å²) in [6.07, 6.45) is 1.69. The normalized spacial score (nSPS) is 17.9. The quantitative estimate of drug-likeness (QED) is 0.894. The molecule has 0 aromatic heterocycles. The minimum atomic E-state index is -3.59. The van der Waals surface area contributed by atoms with Crippen molar-refractivity contribution >= 4 is 15.9 Å². The van der Waals surface area contributed by atoms with Crippen molar-refractivity contribution in [2.75, 3.05) is 38.0 Å². The molecule has 21 heavy (non-hydrogen) atoms. The molecule has 0 amide bonds. The van der Waals surface area contributed by atoms with Gasteiger partial charge in [0.1, 0.15) is 5.82 Å². The van der Waals surface area contributed by atoms with Crippen LogP contribution in [0.15, 0.2) is 24.3 Å². The van der Waals surface area contributed by atoms with Gasteiger partial charge in [0.25, 0.3) is 0 Å². The minimum absolute atomic E-state index is 0.340. The first-order chi connectivity index (χ1) is 9.95. The predicted molar refractivity (Wildman–Crippen MR) is 81.9 cm³/mol. The largest absolute Gasteiger partial charge is 0.319 e. The summed E-state index contributed by atoms with van der Waals surface area (Å²) in [5, 5.41) is 3.13. The Labute approximate surface area is 125 Å². The van der Waals surface area contributed by atoms with Crippen LogP contribution >= 0.6 is 0 Å². The van der Waals surface area contributed by atoms with E-state index in [2.05, 4.69) is 5.32 Å². The lowest BCUT2D eigenvalue weighted by atomic mass is 9.98. The summed E-state index contributed by atoms with van der Waals surface area (Å²) in [7, 11) is -0.225. The summed E-state index contributed by atoms with van der Waals surface area (Å²) >= 11 is 0. The summed E-state index contributed by atoms with van der Waals surface area (Å²) in [5.74, 6) is 0.0724. The maximum absolute atomic E-state index is 13.3. The van der Waals surface area contributed by atoms with Crippen molar-refractivity contribution in [2.45, 2.75) is 12.8 Å². The van der Waals surface area contributed by atoms with Crippen LogP contribution in [0.3, 0.4) is 0 Å². The highest BCUT2D eigenvalue weighted by atomic mass is 32.2. The van der Waals surface area contributed by atoms with Crippen molar-refractivity contribution in [1.29, 1.82) is 0 Å². The molecule has 1 N–H and O–H groups in total. The van der Waals surface area contributed by atoms with E-state index in [-0.39, 0.29) is 0 Å². The lowest BCUT2D eigenvalue weighted by Gasteiger charge is -2.34. The molecule has 0 unspecified atom stereocenters. The number of benzene rings is 1. The molecule has 0 spiro atoms. The highest BCUT2D eigenvalue weighted by molar-refractivity contribution is 7.90. The Kier molecular flexibility index (Phi) is 5.18. The molecule has 1 aromatic rings. The first-order valence-electron chi connectivity index (χ1n) is 7.09. The molecule has 2 rings (SSSR count). The fraction of sp³-hybridized carbons (Fsp3) is 0.571. The van der Waals surface area contributed by atoms with Gasteiger partial charge in [-0.15, -0.1) is 0 Å². The predicted octanol–water partition coefficient (Wildman–Crippen LogP) is 1.44. The Morgan fingerprint density at radius 2 is 2.05 bits per heavy atom. The van der Waals surface area contributed by atoms with E-state index in [9.17, 15) is 12.8 Å². The van der Waals surface area contributed by atoms with Crippen LogP contribution in [0.25, 0.3) is 0 Å². The van der Waals surface area contributed by atoms with Crippen LogP contribution in [0, 0.1) is 11.7 Å². The summed E-state index contributed by atoms with van der Waals surface area (Å²) in [5.41, 5.74) is 0.340. The second kappa shape index (κ2) is 6.72. The van der Waals surface area contributed by atoms with Crippen molar-refractivity contribution in [2.24, 2.45) is 5.92 Å². The average Bonchev–Trinajstić information content (AvgIpc) is 2.47. The SMILES string of the molecule is CNCC1CCN(S(=O)(=O)N(C)c2cccc(F)c2)CC1. The van der Waals surface area contributed by atoms with Gasteiger partial charge in [-0.25, -0.2) is 4.39 Å². The van der Waals surface area contributed by atoms with Crippen LogP contribution in [0.1, 0.15) is 12.8 Å². The molecule has 0 bridgehead atoms. The summed E-state index contributed by atoms with van der Waals surface area (Å²) in [4.78, 5) is 0. The summed E-state index contributed by atoms with van der Waals surface area (Å²) < 4.78 is 41.0. The smallest absolute Gasteiger partial charge is 0.303 e. The van der Waals surface area contributed by atoms with E-state index in [1.54, 1.807) is 6.07 Å². The Hall–Kier alpha value is -1.18. The maximum Gasteiger partial charge on any atom is 0.303 e. The Morgan fingerprint density at radius 3 is 2.62 bits per heavy atom. The van der Waals surface area contributed by atoms with Gasteiger partial charge < -0.3 is 5.32 Å². The molecule has 7 heteroatoms. The molecule has 1 heterocycles. The summed E-state index contributed by atoms with van der Waals surface area (Å²) in [6, 6.07) is 5.63. The van der Waals surface area contributed by atoms with Crippen molar-refractivity contribution in [1.82, 2.24) is 9.62 Å². The molecular formula is C14H22FN3O2S. The van der Waals surface area contributed by atoms with E-state index < -0.39 is 16.0 Å². The molecule has 0 radical (unpaired) electrons. The van der Waals surface area contributed by atoms with E-state index in [1.165, 1.54) is 29.6 Å². The third-order valence-corrected chi connectivity index (χ3v) is 5.83. The number of rotatable bonds is 5. The van der Waals surface area contributed by atoms with E-state index in [0.29, 0.717) is 24.7 Å². The van der Waals surface area contributed by atoms with Crippen molar-refractivity contribution < 1.29 is 12.8 Å². The van der Waals surface area contributed by atoms with Gasteiger partial charge in [0, 0.05) is 20.1 Å². The number of hydrogen-bond donors (Lipinski definition) is 1. The fourth-order valence-electron chi connectivity index (χ4n) is 2.61. The van der Waals surface area contributed by atoms with Gasteiger partial charge in [0.2, 0.25) is 0 Å². The molecular weight excluding hydrogens is 293 g/mol. The Balaban J connectivity index is 2.08. The van der Waals surface area contributed by atoms with Crippen LogP contribution in [-0.2, 0) is 10.2 Å². The molecule has 118 valence electrons. The molecule has 1 aliphatic rings. The monoisotopic (exact) mass is 315 g/mol. The number of hydrogen-bond acceptors (Lipinski definition) is 3. The van der Waals surface area contributed by atoms with Crippen molar-refractivity contribution in [3.63, 3.8) is 0 Å². The van der Waals surface area contributed by atoms with Gasteiger partial charge in [-0.2, -0.15) is 12.7 Å². The van der Waals surface area contributed by atoms with Gasteiger partial charge in [-0.1, -0.05) is 6.07 Å². The van der Waals surface area contributed by atoms with Gasteiger partial charge >= 0.3 is 10.2 Å². The number of nitrogens with one attached hydrogen (secondary N) is 1. The van der Waals surface area contributed by atoms with Gasteiger partial charge in [0.15, 0.2) is 0 Å². The Morgan fingerprint density at radius 1 is 1.38 bits per heavy atom. The standard InChI is InChI=1S/C14H22FN3O2S/c1-16-11-12-6-8-18(9-7-12)21(19,20)17(2)14-5-3-4-13(15)10-14/h3-5,10,12,16H,6-9,11H2,1-2H3. The van der Waals surface area contributed by atoms with E-state index in [1.807, 2.05) is 7.05 Å². The molecule has 0 aliphatic carbocycles. The molecule has 1 fully saturated rings. The molecule has 1 aliphatic heterocycles. The van der Waals surface area contributed by atoms with Crippen molar-refractivity contribution in [3.05, 3.63) is 30.1 Å². The second-order valence-electron chi connectivity index (χ2n) is 5.36. The second-order valence-corrected chi connectivity index (χ2v) is 7.32. The molecule has 0 saturated carbocycles. The third kappa shape index (κ3) is 3.72. The average molecular weight is 315 g/mol. The first kappa shape index (κ1) is 16.2. The van der Waals surface area contributed by atoms with Gasteiger partial charge in [0.05, 0.1) is 5.69 Å². The number of halogens is 1. The van der Waals surface area contributed by atoms with Crippen LogP contribution in [0.5, 0.6) is 0 Å². The fourth-order valence-corrected chi connectivity index (χ4v) is 4.01. The molecule has 0 atom stereocenters. The molecule has 1 saturated heterocycles. The van der Waals surface area contributed by atoms with Crippen LogP contribution in [-0.4, -0.2) is 46.5 Å². The highest BCUT2D eigenvalue weighted by Gasteiger charge is 2.31. The molecule has 1 aromatic carbocycles. The van der Waals surface area contributed by atoms with Crippen LogP contribution in [0.4, 0.5) is 10.1 Å². The zero-order chi connectivity index (χ0) is 15.5. The lowest BCUT2D eigenvalue weighted by Crippen LogP contribution is -2.46. The van der Waals surface area contributed by atoms with E-state index in [4.69, 9.17) is 0 Å². The first-order valence-corrected chi connectivity index (χ1v) is 8.49. The Bertz CT molecular complexity index is 571. The maximum atomic E-state index is 13.3. The van der Waals surface area contributed by atoms with E-state index >= 15 is 0 Å².